The first kappa shape index (κ1) is 12.4. The van der Waals surface area contributed by atoms with Gasteiger partial charge in [0, 0.05) is 18.6 Å². The minimum Gasteiger partial charge on any atom is -0.384 e. The SMILES string of the molecule is CN1C2CCC1CC(CNc1ccc(C#N)nc1)C2. The maximum atomic E-state index is 8.71. The van der Waals surface area contributed by atoms with Gasteiger partial charge in [0.25, 0.3) is 0 Å². The second-order valence-electron chi connectivity index (χ2n) is 5.81. The molecule has 2 bridgehead atoms. The van der Waals surface area contributed by atoms with Gasteiger partial charge >= 0.3 is 0 Å². The van der Waals surface area contributed by atoms with E-state index in [0.29, 0.717) is 5.69 Å². The van der Waals surface area contributed by atoms with Gasteiger partial charge in [-0.2, -0.15) is 5.26 Å². The first-order valence-corrected chi connectivity index (χ1v) is 7.08. The number of fused-ring (bicyclic) bond motifs is 2. The van der Waals surface area contributed by atoms with Crippen molar-refractivity contribution >= 4 is 5.69 Å². The van der Waals surface area contributed by atoms with Gasteiger partial charge in [-0.3, -0.25) is 0 Å². The summed E-state index contributed by atoms with van der Waals surface area (Å²) in [4.78, 5) is 6.65. The molecule has 4 nitrogen and oxygen atoms in total. The molecule has 2 atom stereocenters. The van der Waals surface area contributed by atoms with Crippen LogP contribution < -0.4 is 5.32 Å². The highest BCUT2D eigenvalue weighted by molar-refractivity contribution is 5.42. The minimum absolute atomic E-state index is 0.475. The Morgan fingerprint density at radius 3 is 2.68 bits per heavy atom. The Hall–Kier alpha value is -1.60. The van der Waals surface area contributed by atoms with Crippen molar-refractivity contribution in [2.75, 3.05) is 18.9 Å². The molecule has 0 radical (unpaired) electrons. The zero-order valence-corrected chi connectivity index (χ0v) is 11.3. The number of hydrogen-bond acceptors (Lipinski definition) is 4. The fraction of sp³-hybridized carbons (Fsp3) is 0.600. The average molecular weight is 256 g/mol. The van der Waals surface area contributed by atoms with Crippen LogP contribution in [-0.4, -0.2) is 35.6 Å². The molecule has 0 amide bonds. The molecule has 3 rings (SSSR count). The van der Waals surface area contributed by atoms with Crippen molar-refractivity contribution in [1.29, 1.82) is 5.26 Å². The Balaban J connectivity index is 1.54. The lowest BCUT2D eigenvalue weighted by atomic mass is 9.91. The first-order chi connectivity index (χ1) is 9.26. The Labute approximate surface area is 114 Å². The summed E-state index contributed by atoms with van der Waals surface area (Å²) in [6.07, 6.45) is 7.11. The number of nitrogens with one attached hydrogen (secondary N) is 1. The van der Waals surface area contributed by atoms with Gasteiger partial charge < -0.3 is 10.2 Å². The van der Waals surface area contributed by atoms with Crippen LogP contribution in [0.1, 0.15) is 31.4 Å². The predicted octanol–water partition coefficient (Wildman–Crippen LogP) is 2.24. The van der Waals surface area contributed by atoms with Gasteiger partial charge in [0.05, 0.1) is 11.9 Å². The zero-order chi connectivity index (χ0) is 13.2. The van der Waals surface area contributed by atoms with Crippen molar-refractivity contribution in [1.82, 2.24) is 9.88 Å². The standard InChI is InChI=1S/C15H20N4/c1-19-14-4-5-15(19)7-11(6-14)9-17-13-3-2-12(8-16)18-10-13/h2-3,10-11,14-15,17H,4-7,9H2,1H3. The van der Waals surface area contributed by atoms with E-state index >= 15 is 0 Å². The molecular formula is C15H20N4. The molecule has 0 saturated carbocycles. The molecule has 0 spiro atoms. The minimum atomic E-state index is 0.475. The van der Waals surface area contributed by atoms with Crippen molar-refractivity contribution in [3.8, 4) is 6.07 Å². The van der Waals surface area contributed by atoms with Crippen LogP contribution in [0.5, 0.6) is 0 Å². The van der Waals surface area contributed by atoms with E-state index in [-0.39, 0.29) is 0 Å². The molecule has 1 N–H and O–H groups in total. The van der Waals surface area contributed by atoms with E-state index in [0.717, 1.165) is 30.2 Å². The van der Waals surface area contributed by atoms with Gasteiger partial charge in [-0.25, -0.2) is 4.98 Å². The molecule has 3 heterocycles. The summed E-state index contributed by atoms with van der Waals surface area (Å²) in [7, 11) is 2.27. The summed E-state index contributed by atoms with van der Waals surface area (Å²) >= 11 is 0. The van der Waals surface area contributed by atoms with Crippen molar-refractivity contribution in [3.05, 3.63) is 24.0 Å². The third kappa shape index (κ3) is 2.57. The molecule has 1 aromatic rings. The van der Waals surface area contributed by atoms with E-state index in [9.17, 15) is 0 Å². The number of hydrogen-bond donors (Lipinski definition) is 1. The summed E-state index contributed by atoms with van der Waals surface area (Å²) in [5.41, 5.74) is 1.49. The summed E-state index contributed by atoms with van der Waals surface area (Å²) in [6, 6.07) is 7.34. The Morgan fingerprint density at radius 1 is 1.37 bits per heavy atom. The molecule has 4 heteroatoms. The number of pyridine rings is 1. The van der Waals surface area contributed by atoms with Gasteiger partial charge in [-0.05, 0) is 50.8 Å². The normalized spacial score (nSPS) is 30.0. The van der Waals surface area contributed by atoms with Crippen molar-refractivity contribution in [2.45, 2.75) is 37.8 Å². The van der Waals surface area contributed by atoms with Gasteiger partial charge in [-0.1, -0.05) is 0 Å². The zero-order valence-electron chi connectivity index (χ0n) is 11.3. The first-order valence-electron chi connectivity index (χ1n) is 7.08. The quantitative estimate of drug-likeness (QED) is 0.901. The van der Waals surface area contributed by atoms with Gasteiger partial charge in [-0.15, -0.1) is 0 Å². The van der Waals surface area contributed by atoms with Gasteiger partial charge in [0.15, 0.2) is 0 Å². The maximum absolute atomic E-state index is 8.71. The monoisotopic (exact) mass is 256 g/mol. The third-order valence-electron chi connectivity index (χ3n) is 4.67. The number of piperidine rings is 1. The van der Waals surface area contributed by atoms with Crippen LogP contribution in [0.3, 0.4) is 0 Å². The number of aromatic nitrogens is 1. The fourth-order valence-corrected chi connectivity index (χ4v) is 3.52. The molecule has 2 unspecified atom stereocenters. The molecule has 19 heavy (non-hydrogen) atoms. The second-order valence-corrected chi connectivity index (χ2v) is 5.81. The molecule has 2 fully saturated rings. The smallest absolute Gasteiger partial charge is 0.140 e. The summed E-state index contributed by atoms with van der Waals surface area (Å²) in [5, 5.41) is 12.2. The van der Waals surface area contributed by atoms with Crippen molar-refractivity contribution in [3.63, 3.8) is 0 Å². The Kier molecular flexibility index (Phi) is 3.39. The number of anilines is 1. The van der Waals surface area contributed by atoms with Crippen LogP contribution in [0.25, 0.3) is 0 Å². The van der Waals surface area contributed by atoms with Crippen LogP contribution in [0.15, 0.2) is 18.3 Å². The lowest BCUT2D eigenvalue weighted by molar-refractivity contribution is 0.139. The molecule has 2 aliphatic heterocycles. The third-order valence-corrected chi connectivity index (χ3v) is 4.67. The highest BCUT2D eigenvalue weighted by atomic mass is 15.2. The largest absolute Gasteiger partial charge is 0.384 e. The van der Waals surface area contributed by atoms with Crippen molar-refractivity contribution in [2.24, 2.45) is 5.92 Å². The summed E-state index contributed by atoms with van der Waals surface area (Å²) in [5.74, 6) is 0.768. The molecular weight excluding hydrogens is 236 g/mol. The van der Waals surface area contributed by atoms with E-state index in [4.69, 9.17) is 5.26 Å². The molecule has 0 aromatic carbocycles. The highest BCUT2D eigenvalue weighted by Crippen LogP contribution is 2.37. The van der Waals surface area contributed by atoms with Crippen LogP contribution in [-0.2, 0) is 0 Å². The van der Waals surface area contributed by atoms with E-state index in [2.05, 4.69) is 22.2 Å². The molecule has 2 aliphatic rings. The predicted molar refractivity (Wildman–Crippen MR) is 74.7 cm³/mol. The highest BCUT2D eigenvalue weighted by Gasteiger charge is 2.37. The van der Waals surface area contributed by atoms with Crippen LogP contribution in [0, 0.1) is 17.2 Å². The average Bonchev–Trinajstić information content (AvgIpc) is 2.68. The van der Waals surface area contributed by atoms with E-state index < -0.39 is 0 Å². The molecule has 1 aromatic heterocycles. The lowest BCUT2D eigenvalue weighted by Crippen LogP contribution is -2.41. The summed E-state index contributed by atoms with van der Waals surface area (Å²) < 4.78 is 0. The number of nitriles is 1. The van der Waals surface area contributed by atoms with Gasteiger partial charge in [0.1, 0.15) is 11.8 Å². The van der Waals surface area contributed by atoms with Gasteiger partial charge in [0.2, 0.25) is 0 Å². The number of nitrogens with zero attached hydrogens (tertiary/aromatic N) is 3. The topological polar surface area (TPSA) is 52.0 Å². The molecule has 100 valence electrons. The Morgan fingerprint density at radius 2 is 2.11 bits per heavy atom. The van der Waals surface area contributed by atoms with Crippen LogP contribution >= 0.6 is 0 Å². The van der Waals surface area contributed by atoms with Crippen LogP contribution in [0.2, 0.25) is 0 Å². The maximum Gasteiger partial charge on any atom is 0.140 e. The Bertz CT molecular complexity index is 462. The number of rotatable bonds is 3. The van der Waals surface area contributed by atoms with E-state index in [1.54, 1.807) is 12.3 Å². The fourth-order valence-electron chi connectivity index (χ4n) is 3.52. The second kappa shape index (κ2) is 5.18. The van der Waals surface area contributed by atoms with Crippen molar-refractivity contribution < 1.29 is 0 Å². The van der Waals surface area contributed by atoms with E-state index in [1.807, 2.05) is 12.1 Å². The lowest BCUT2D eigenvalue weighted by Gasteiger charge is -2.36. The van der Waals surface area contributed by atoms with E-state index in [1.165, 1.54) is 25.7 Å². The molecule has 2 saturated heterocycles. The summed E-state index contributed by atoms with van der Waals surface area (Å²) in [6.45, 7) is 1.02. The van der Waals surface area contributed by atoms with Crippen LogP contribution in [0.4, 0.5) is 5.69 Å². The molecule has 0 aliphatic carbocycles.